The van der Waals surface area contributed by atoms with Gasteiger partial charge >= 0.3 is 5.97 Å². The number of anilines is 1. The maximum absolute atomic E-state index is 13.5. The van der Waals surface area contributed by atoms with Gasteiger partial charge in [-0.3, -0.25) is 4.79 Å². The van der Waals surface area contributed by atoms with Crippen LogP contribution < -0.4 is 10.1 Å². The topological polar surface area (TPSA) is 77.0 Å². The molecule has 1 aliphatic carbocycles. The van der Waals surface area contributed by atoms with Gasteiger partial charge in [0.2, 0.25) is 0 Å². The Kier molecular flexibility index (Phi) is 9.89. The Morgan fingerprint density at radius 3 is 2.59 bits per heavy atom. The van der Waals surface area contributed by atoms with Crippen molar-refractivity contribution in [2.45, 2.75) is 39.2 Å². The lowest BCUT2D eigenvalue weighted by molar-refractivity contribution is 0.0526. The molecule has 0 radical (unpaired) electrons. The van der Waals surface area contributed by atoms with Gasteiger partial charge in [-0.05, 0) is 103 Å². The standard InChI is InChI=1S/C32H28BrIN2O4S/c1-2-39-32(38)21-14-12-20(13-15-21)19-40-29-22(16-23(33)17-26(29)34)18-35-31-28(25-10-6-7-11-27(25)41-31)30(37)36-24-8-4-3-5-9-24/h3-5,8-9,12-18H,2,6-7,10-11,19H2,1H3,(H,36,37). The van der Waals surface area contributed by atoms with Crippen LogP contribution in [0.1, 0.15) is 62.0 Å². The summed E-state index contributed by atoms with van der Waals surface area (Å²) >= 11 is 7.45. The number of nitrogens with one attached hydrogen (secondary N) is 1. The highest BCUT2D eigenvalue weighted by Gasteiger charge is 2.25. The lowest BCUT2D eigenvalue weighted by atomic mass is 9.95. The van der Waals surface area contributed by atoms with Gasteiger partial charge < -0.3 is 14.8 Å². The van der Waals surface area contributed by atoms with Crippen LogP contribution in [0.4, 0.5) is 10.7 Å². The zero-order valence-corrected chi connectivity index (χ0v) is 27.0. The fraction of sp³-hybridized carbons (Fsp3) is 0.219. The van der Waals surface area contributed by atoms with Gasteiger partial charge in [-0.15, -0.1) is 11.3 Å². The molecule has 0 saturated heterocycles. The maximum Gasteiger partial charge on any atom is 0.338 e. The molecule has 1 aliphatic rings. The quantitative estimate of drug-likeness (QED) is 0.106. The summed E-state index contributed by atoms with van der Waals surface area (Å²) in [4.78, 5) is 31.6. The van der Waals surface area contributed by atoms with Gasteiger partial charge in [0.15, 0.2) is 0 Å². The molecule has 1 aromatic heterocycles. The normalized spacial score (nSPS) is 12.7. The molecule has 1 N–H and O–H groups in total. The second kappa shape index (κ2) is 13.8. The molecule has 0 aliphatic heterocycles. The van der Waals surface area contributed by atoms with Gasteiger partial charge in [0.05, 0.1) is 21.3 Å². The number of aliphatic imine (C=N–C) groups is 1. The van der Waals surface area contributed by atoms with Gasteiger partial charge in [-0.1, -0.05) is 46.3 Å². The number of carbonyl (C=O) groups excluding carboxylic acids is 2. The average Bonchev–Trinajstić information content (AvgIpc) is 3.35. The van der Waals surface area contributed by atoms with Crippen molar-refractivity contribution in [2.75, 3.05) is 11.9 Å². The second-order valence-corrected chi connectivity index (χ2v) is 12.6. The summed E-state index contributed by atoms with van der Waals surface area (Å²) in [5.74, 6) is 0.228. The highest BCUT2D eigenvalue weighted by atomic mass is 127. The van der Waals surface area contributed by atoms with Crippen LogP contribution in [-0.4, -0.2) is 24.7 Å². The van der Waals surface area contributed by atoms with Crippen LogP contribution in [0.2, 0.25) is 0 Å². The fourth-order valence-corrected chi connectivity index (χ4v) is 7.59. The summed E-state index contributed by atoms with van der Waals surface area (Å²) in [6.45, 7) is 2.44. The second-order valence-electron chi connectivity index (χ2n) is 9.48. The van der Waals surface area contributed by atoms with Crippen molar-refractivity contribution in [2.24, 2.45) is 4.99 Å². The number of hydrogen-bond donors (Lipinski definition) is 1. The van der Waals surface area contributed by atoms with E-state index in [2.05, 4.69) is 43.8 Å². The van der Waals surface area contributed by atoms with Gasteiger partial charge in [0, 0.05) is 26.8 Å². The number of fused-ring (bicyclic) bond motifs is 1. The average molecular weight is 743 g/mol. The molecule has 0 saturated carbocycles. The Morgan fingerprint density at radius 2 is 1.83 bits per heavy atom. The Balaban J connectivity index is 1.41. The van der Waals surface area contributed by atoms with E-state index in [0.29, 0.717) is 35.1 Å². The van der Waals surface area contributed by atoms with E-state index in [1.54, 1.807) is 36.6 Å². The van der Waals surface area contributed by atoms with Crippen LogP contribution >= 0.6 is 49.9 Å². The third-order valence-corrected chi connectivity index (χ3v) is 9.08. The summed E-state index contributed by atoms with van der Waals surface area (Å²) in [5, 5.41) is 3.76. The molecule has 0 bridgehead atoms. The van der Waals surface area contributed by atoms with Crippen molar-refractivity contribution in [1.82, 2.24) is 0 Å². The Morgan fingerprint density at radius 1 is 1.07 bits per heavy atom. The summed E-state index contributed by atoms with van der Waals surface area (Å²) in [7, 11) is 0. The summed E-state index contributed by atoms with van der Waals surface area (Å²) in [6.07, 6.45) is 5.83. The highest BCUT2D eigenvalue weighted by Crippen LogP contribution is 2.40. The number of thiophene rings is 1. The third-order valence-electron chi connectivity index (χ3n) is 6.62. The molecule has 3 aromatic carbocycles. The molecule has 0 unspecified atom stereocenters. The van der Waals surface area contributed by atoms with Crippen LogP contribution in [0, 0.1) is 3.57 Å². The predicted octanol–water partition coefficient (Wildman–Crippen LogP) is 8.75. The molecular weight excluding hydrogens is 715 g/mol. The molecule has 6 nitrogen and oxygen atoms in total. The first-order valence-corrected chi connectivity index (χ1v) is 16.0. The van der Waals surface area contributed by atoms with E-state index >= 15 is 0 Å². The SMILES string of the molecule is CCOC(=O)c1ccc(COc2c(I)cc(Br)cc2C=Nc2sc3c(c2C(=O)Nc2ccccc2)CCCC3)cc1. The molecule has 9 heteroatoms. The van der Waals surface area contributed by atoms with Crippen molar-refractivity contribution < 1.29 is 19.1 Å². The number of amides is 1. The van der Waals surface area contributed by atoms with E-state index in [9.17, 15) is 9.59 Å². The molecule has 5 rings (SSSR count). The molecule has 0 spiro atoms. The number of benzene rings is 3. The summed E-state index contributed by atoms with van der Waals surface area (Å²) in [5.41, 5.74) is 4.77. The van der Waals surface area contributed by atoms with Crippen molar-refractivity contribution >= 4 is 78.6 Å². The van der Waals surface area contributed by atoms with Gasteiger partial charge in [-0.25, -0.2) is 9.79 Å². The van der Waals surface area contributed by atoms with Gasteiger partial charge in [0.25, 0.3) is 5.91 Å². The molecule has 1 amide bonds. The Hall–Kier alpha value is -3.02. The number of para-hydroxylation sites is 1. The van der Waals surface area contributed by atoms with E-state index < -0.39 is 0 Å². The van der Waals surface area contributed by atoms with Crippen LogP contribution in [0.25, 0.3) is 0 Å². The smallest absolute Gasteiger partial charge is 0.338 e. The first-order chi connectivity index (χ1) is 19.9. The minimum atomic E-state index is -0.340. The number of nitrogens with zero attached hydrogens (tertiary/aromatic N) is 1. The van der Waals surface area contributed by atoms with Gasteiger partial charge in [-0.2, -0.15) is 0 Å². The monoisotopic (exact) mass is 742 g/mol. The number of hydrogen-bond acceptors (Lipinski definition) is 6. The van der Waals surface area contributed by atoms with Crippen molar-refractivity contribution in [3.8, 4) is 5.75 Å². The first-order valence-electron chi connectivity index (χ1n) is 13.4. The number of halogens is 2. The van der Waals surface area contributed by atoms with Crippen LogP contribution in [0.5, 0.6) is 5.75 Å². The van der Waals surface area contributed by atoms with Crippen LogP contribution in [0.3, 0.4) is 0 Å². The summed E-state index contributed by atoms with van der Waals surface area (Å²) < 4.78 is 13.2. The first kappa shape index (κ1) is 29.5. The number of carbonyl (C=O) groups is 2. The molecule has 41 heavy (non-hydrogen) atoms. The minimum Gasteiger partial charge on any atom is -0.487 e. The third kappa shape index (κ3) is 7.25. The molecule has 1 heterocycles. The van der Waals surface area contributed by atoms with E-state index in [0.717, 1.165) is 56.1 Å². The maximum atomic E-state index is 13.5. The Labute approximate surface area is 265 Å². The minimum absolute atomic E-state index is 0.130. The lowest BCUT2D eigenvalue weighted by Gasteiger charge is -2.13. The number of esters is 1. The molecule has 0 atom stereocenters. The lowest BCUT2D eigenvalue weighted by Crippen LogP contribution is -2.14. The molecule has 0 fully saturated rings. The van der Waals surface area contributed by atoms with E-state index in [1.807, 2.05) is 54.6 Å². The zero-order valence-electron chi connectivity index (χ0n) is 22.4. The van der Waals surface area contributed by atoms with Crippen molar-refractivity contribution in [1.29, 1.82) is 0 Å². The molecular formula is C32H28BrIN2O4S. The van der Waals surface area contributed by atoms with Crippen LogP contribution in [-0.2, 0) is 24.2 Å². The zero-order chi connectivity index (χ0) is 28.8. The summed E-state index contributed by atoms with van der Waals surface area (Å²) in [6, 6.07) is 20.7. The number of aryl methyl sites for hydroxylation is 1. The fourth-order valence-electron chi connectivity index (χ4n) is 4.66. The van der Waals surface area contributed by atoms with Crippen LogP contribution in [0.15, 0.2) is 76.2 Å². The Bertz CT molecular complexity index is 1590. The predicted molar refractivity (Wildman–Crippen MR) is 176 cm³/mol. The molecule has 4 aromatic rings. The molecule has 210 valence electrons. The van der Waals surface area contributed by atoms with E-state index in [1.165, 1.54) is 4.88 Å². The number of rotatable bonds is 9. The number of ether oxygens (including phenoxy) is 2. The van der Waals surface area contributed by atoms with E-state index in [4.69, 9.17) is 14.5 Å². The van der Waals surface area contributed by atoms with Crippen molar-refractivity contribution in [3.05, 3.63) is 107 Å². The van der Waals surface area contributed by atoms with Gasteiger partial charge in [0.1, 0.15) is 17.4 Å². The van der Waals surface area contributed by atoms with Crippen molar-refractivity contribution in [3.63, 3.8) is 0 Å². The highest BCUT2D eigenvalue weighted by molar-refractivity contribution is 14.1. The largest absolute Gasteiger partial charge is 0.487 e. The van der Waals surface area contributed by atoms with E-state index in [-0.39, 0.29) is 11.9 Å².